The zero-order valence-electron chi connectivity index (χ0n) is 11.9. The van der Waals surface area contributed by atoms with E-state index in [-0.39, 0.29) is 11.7 Å². The number of hydrogen-bond donors (Lipinski definition) is 2. The monoisotopic (exact) mass is 362 g/mol. The second-order valence-electron chi connectivity index (χ2n) is 4.33. The van der Waals surface area contributed by atoms with E-state index in [2.05, 4.69) is 26.5 Å². The Kier molecular flexibility index (Phi) is 5.55. The maximum Gasteiger partial charge on any atom is 0.272 e. The van der Waals surface area contributed by atoms with E-state index >= 15 is 0 Å². The number of ether oxygens (including phenoxy) is 1. The molecule has 0 aliphatic heterocycles. The lowest BCUT2D eigenvalue weighted by molar-refractivity contribution is 0.0954. The molecule has 2 aromatic carbocycles. The van der Waals surface area contributed by atoms with Gasteiger partial charge in [-0.3, -0.25) is 4.79 Å². The number of nitrogens with one attached hydrogen (secondary N) is 1. The van der Waals surface area contributed by atoms with Crippen molar-refractivity contribution >= 4 is 28.1 Å². The molecule has 22 heavy (non-hydrogen) atoms. The number of phenolic OH excluding ortho intramolecular Hbond substituents is 1. The first-order valence-corrected chi connectivity index (χ1v) is 7.45. The van der Waals surface area contributed by atoms with Crippen molar-refractivity contribution in [2.24, 2.45) is 5.10 Å². The highest BCUT2D eigenvalue weighted by atomic mass is 79.9. The predicted molar refractivity (Wildman–Crippen MR) is 88.5 cm³/mol. The van der Waals surface area contributed by atoms with E-state index in [0.29, 0.717) is 28.0 Å². The van der Waals surface area contributed by atoms with Gasteiger partial charge in [-0.25, -0.2) is 5.43 Å². The molecule has 0 spiro atoms. The Bertz CT molecular complexity index is 702. The van der Waals surface area contributed by atoms with E-state index in [4.69, 9.17) is 4.74 Å². The summed E-state index contributed by atoms with van der Waals surface area (Å²) in [6, 6.07) is 11.9. The zero-order chi connectivity index (χ0) is 15.9. The lowest BCUT2D eigenvalue weighted by atomic mass is 10.2. The van der Waals surface area contributed by atoms with E-state index in [1.54, 1.807) is 30.3 Å². The van der Waals surface area contributed by atoms with Gasteiger partial charge in [0, 0.05) is 16.1 Å². The van der Waals surface area contributed by atoms with Crippen LogP contribution in [0, 0.1) is 0 Å². The maximum absolute atomic E-state index is 11.9. The van der Waals surface area contributed by atoms with Crippen LogP contribution in [0.4, 0.5) is 0 Å². The Hall–Kier alpha value is -2.34. The number of carbonyl (C=O) groups excluding carboxylic acids is 1. The molecule has 1 amide bonds. The number of amides is 1. The van der Waals surface area contributed by atoms with Crippen molar-refractivity contribution < 1.29 is 14.6 Å². The van der Waals surface area contributed by atoms with Crippen LogP contribution in [-0.4, -0.2) is 23.8 Å². The van der Waals surface area contributed by atoms with Crippen molar-refractivity contribution in [3.8, 4) is 11.5 Å². The molecular weight excluding hydrogens is 348 g/mol. The zero-order valence-corrected chi connectivity index (χ0v) is 13.5. The van der Waals surface area contributed by atoms with Gasteiger partial charge in [0.25, 0.3) is 5.91 Å². The summed E-state index contributed by atoms with van der Waals surface area (Å²) >= 11 is 3.30. The van der Waals surface area contributed by atoms with Gasteiger partial charge in [-0.15, -0.1) is 0 Å². The number of rotatable bonds is 5. The molecule has 0 saturated carbocycles. The molecule has 0 aromatic heterocycles. The molecule has 2 rings (SSSR count). The van der Waals surface area contributed by atoms with Crippen molar-refractivity contribution in [1.29, 1.82) is 0 Å². The van der Waals surface area contributed by atoms with Crippen LogP contribution in [-0.2, 0) is 0 Å². The molecule has 0 radical (unpaired) electrons. The van der Waals surface area contributed by atoms with E-state index in [1.165, 1.54) is 12.3 Å². The first-order chi connectivity index (χ1) is 10.6. The number of nitrogens with zero attached hydrogens (tertiary/aromatic N) is 1. The summed E-state index contributed by atoms with van der Waals surface area (Å²) in [4.78, 5) is 11.9. The van der Waals surface area contributed by atoms with Crippen LogP contribution < -0.4 is 10.2 Å². The lowest BCUT2D eigenvalue weighted by Gasteiger charge is -2.05. The minimum Gasteiger partial charge on any atom is -0.507 e. The van der Waals surface area contributed by atoms with Crippen LogP contribution in [0.1, 0.15) is 22.8 Å². The Morgan fingerprint density at radius 3 is 2.82 bits per heavy atom. The number of halogens is 1. The molecule has 5 nitrogen and oxygen atoms in total. The number of hydrogen-bond acceptors (Lipinski definition) is 4. The van der Waals surface area contributed by atoms with Gasteiger partial charge in [-0.05, 0) is 47.1 Å². The fraction of sp³-hybridized carbons (Fsp3) is 0.125. The van der Waals surface area contributed by atoms with Crippen LogP contribution in [0.25, 0.3) is 0 Å². The summed E-state index contributed by atoms with van der Waals surface area (Å²) in [5.41, 5.74) is 3.38. The number of benzene rings is 2. The van der Waals surface area contributed by atoms with Gasteiger partial charge >= 0.3 is 0 Å². The van der Waals surface area contributed by atoms with Crippen molar-refractivity contribution in [2.75, 3.05) is 6.61 Å². The molecule has 0 fully saturated rings. The lowest BCUT2D eigenvalue weighted by Crippen LogP contribution is -2.18. The van der Waals surface area contributed by atoms with Gasteiger partial charge in [0.05, 0.1) is 18.4 Å². The van der Waals surface area contributed by atoms with Crippen molar-refractivity contribution in [3.63, 3.8) is 0 Å². The highest BCUT2D eigenvalue weighted by Gasteiger charge is 2.07. The largest absolute Gasteiger partial charge is 0.507 e. The topological polar surface area (TPSA) is 70.9 Å². The molecule has 0 aliphatic carbocycles. The molecule has 0 aliphatic rings. The highest BCUT2D eigenvalue weighted by molar-refractivity contribution is 9.10. The molecule has 2 aromatic rings. The van der Waals surface area contributed by atoms with Gasteiger partial charge in [-0.2, -0.15) is 5.10 Å². The third kappa shape index (κ3) is 4.08. The summed E-state index contributed by atoms with van der Waals surface area (Å²) in [5.74, 6) is 0.272. The van der Waals surface area contributed by atoms with Crippen LogP contribution in [0.2, 0.25) is 0 Å². The van der Waals surface area contributed by atoms with E-state index < -0.39 is 0 Å². The summed E-state index contributed by atoms with van der Waals surface area (Å²) in [6.45, 7) is 2.39. The Labute approximate surface area is 136 Å². The number of hydrazone groups is 1. The van der Waals surface area contributed by atoms with Crippen LogP contribution >= 0.6 is 15.9 Å². The van der Waals surface area contributed by atoms with Gasteiger partial charge in [0.1, 0.15) is 11.5 Å². The Morgan fingerprint density at radius 2 is 2.14 bits per heavy atom. The molecule has 0 bridgehead atoms. The number of phenols is 1. The minimum atomic E-state index is -0.339. The van der Waals surface area contributed by atoms with Gasteiger partial charge in [0.15, 0.2) is 0 Å². The predicted octanol–water partition coefficient (Wildman–Crippen LogP) is 3.32. The van der Waals surface area contributed by atoms with Crippen LogP contribution in [0.15, 0.2) is 52.0 Å². The SMILES string of the molecule is CCOc1ccc(/C=N\NC(=O)c2ccccc2Br)c(O)c1. The standard InChI is InChI=1S/C16H15BrN2O3/c1-2-22-12-8-7-11(15(20)9-12)10-18-19-16(21)13-5-3-4-6-14(13)17/h3-10,20H,2H2,1H3,(H,19,21)/b18-10-. The summed E-state index contributed by atoms with van der Waals surface area (Å²) < 4.78 is 5.96. The smallest absolute Gasteiger partial charge is 0.272 e. The van der Waals surface area contributed by atoms with Gasteiger partial charge in [0.2, 0.25) is 0 Å². The first-order valence-electron chi connectivity index (χ1n) is 6.65. The van der Waals surface area contributed by atoms with Crippen LogP contribution in [0.3, 0.4) is 0 Å². The quantitative estimate of drug-likeness (QED) is 0.633. The maximum atomic E-state index is 11.9. The third-order valence-electron chi connectivity index (χ3n) is 2.80. The average molecular weight is 363 g/mol. The normalized spacial score (nSPS) is 10.6. The van der Waals surface area contributed by atoms with E-state index in [1.807, 2.05) is 13.0 Å². The van der Waals surface area contributed by atoms with E-state index in [9.17, 15) is 9.90 Å². The molecule has 0 heterocycles. The van der Waals surface area contributed by atoms with Crippen molar-refractivity contribution in [2.45, 2.75) is 6.92 Å². The second kappa shape index (κ2) is 7.61. The second-order valence-corrected chi connectivity index (χ2v) is 5.19. The molecule has 6 heteroatoms. The number of aromatic hydroxyl groups is 1. The highest BCUT2D eigenvalue weighted by Crippen LogP contribution is 2.22. The summed E-state index contributed by atoms with van der Waals surface area (Å²) in [5, 5.41) is 13.7. The fourth-order valence-corrected chi connectivity index (χ4v) is 2.22. The Morgan fingerprint density at radius 1 is 1.36 bits per heavy atom. The fourth-order valence-electron chi connectivity index (χ4n) is 1.76. The van der Waals surface area contributed by atoms with Gasteiger partial charge < -0.3 is 9.84 Å². The summed E-state index contributed by atoms with van der Waals surface area (Å²) in [7, 11) is 0. The van der Waals surface area contributed by atoms with Crippen molar-refractivity contribution in [3.05, 3.63) is 58.1 Å². The Balaban J connectivity index is 2.04. The number of carbonyl (C=O) groups is 1. The summed E-state index contributed by atoms with van der Waals surface area (Å²) in [6.07, 6.45) is 1.37. The average Bonchev–Trinajstić information content (AvgIpc) is 2.50. The molecule has 114 valence electrons. The van der Waals surface area contributed by atoms with E-state index in [0.717, 1.165) is 0 Å². The van der Waals surface area contributed by atoms with Crippen LogP contribution in [0.5, 0.6) is 11.5 Å². The molecule has 0 atom stereocenters. The third-order valence-corrected chi connectivity index (χ3v) is 3.49. The van der Waals surface area contributed by atoms with Crippen molar-refractivity contribution in [1.82, 2.24) is 5.43 Å². The molecular formula is C16H15BrN2O3. The molecule has 2 N–H and O–H groups in total. The minimum absolute atomic E-state index is 0.0323. The first kappa shape index (κ1) is 16.0. The molecule has 0 unspecified atom stereocenters. The van der Waals surface area contributed by atoms with Gasteiger partial charge in [-0.1, -0.05) is 12.1 Å². The molecule has 0 saturated heterocycles.